The van der Waals surface area contributed by atoms with E-state index in [4.69, 9.17) is 0 Å². The van der Waals surface area contributed by atoms with Gasteiger partial charge < -0.3 is 5.32 Å². The molecule has 2 aromatic carbocycles. The van der Waals surface area contributed by atoms with Gasteiger partial charge in [-0.3, -0.25) is 10.1 Å². The number of nitriles is 1. The maximum atomic E-state index is 13.9. The van der Waals surface area contributed by atoms with Crippen LogP contribution in [-0.2, 0) is 14.6 Å². The Morgan fingerprint density at radius 2 is 1.72 bits per heavy atom. The summed E-state index contributed by atoms with van der Waals surface area (Å²) < 4.78 is 67.4. The van der Waals surface area contributed by atoms with E-state index in [0.717, 1.165) is 5.46 Å². The van der Waals surface area contributed by atoms with Crippen molar-refractivity contribution in [3.63, 3.8) is 0 Å². The molecule has 11 heteroatoms. The Hall–Kier alpha value is -2.84. The first-order valence-electron chi connectivity index (χ1n) is 9.86. The monoisotopic (exact) mass is 463 g/mol. The van der Waals surface area contributed by atoms with Crippen molar-refractivity contribution in [1.29, 1.82) is 5.26 Å². The summed E-state index contributed by atoms with van der Waals surface area (Å²) in [5, 5.41) is 13.8. The standard InChI is InChI=1S/C21H21BF3N3O3S/c22-15-6-8-16(9-7-15)32(30,31)12-17(19(29)28-20(13-26)10-11-20)27-18(21(23,24)25)14-4-2-1-3-5-14/h1-9,17-18,27H,10-12,22H2,(H,28,29)/t17-,18-/m0/s1. The summed E-state index contributed by atoms with van der Waals surface area (Å²) in [6.07, 6.45) is -4.08. The number of sulfone groups is 1. The van der Waals surface area contributed by atoms with Crippen molar-refractivity contribution < 1.29 is 26.4 Å². The van der Waals surface area contributed by atoms with Gasteiger partial charge in [-0.25, -0.2) is 8.42 Å². The number of amides is 1. The van der Waals surface area contributed by atoms with Crippen molar-refractivity contribution in [1.82, 2.24) is 10.6 Å². The molecule has 32 heavy (non-hydrogen) atoms. The molecule has 1 amide bonds. The minimum absolute atomic E-state index is 0.104. The van der Waals surface area contributed by atoms with Crippen LogP contribution in [0.3, 0.4) is 0 Å². The quantitative estimate of drug-likeness (QED) is 0.573. The van der Waals surface area contributed by atoms with Crippen molar-refractivity contribution >= 4 is 29.1 Å². The highest BCUT2D eigenvalue weighted by Gasteiger charge is 2.48. The molecule has 1 aliphatic rings. The number of hydrogen-bond donors (Lipinski definition) is 2. The maximum Gasteiger partial charge on any atom is 0.407 e. The second kappa shape index (κ2) is 8.96. The van der Waals surface area contributed by atoms with E-state index in [1.165, 1.54) is 36.4 Å². The average Bonchev–Trinajstić information content (AvgIpc) is 3.51. The Morgan fingerprint density at radius 3 is 2.22 bits per heavy atom. The van der Waals surface area contributed by atoms with Gasteiger partial charge in [0.15, 0.2) is 9.84 Å². The van der Waals surface area contributed by atoms with Gasteiger partial charge in [0.05, 0.1) is 16.7 Å². The highest BCUT2D eigenvalue weighted by Crippen LogP contribution is 2.35. The number of alkyl halides is 3. The number of nitrogens with zero attached hydrogens (tertiary/aromatic N) is 1. The van der Waals surface area contributed by atoms with Gasteiger partial charge in [0.1, 0.15) is 25.5 Å². The van der Waals surface area contributed by atoms with Crippen LogP contribution in [0.1, 0.15) is 24.4 Å². The minimum Gasteiger partial charge on any atom is -0.336 e. The fourth-order valence-electron chi connectivity index (χ4n) is 3.20. The highest BCUT2D eigenvalue weighted by molar-refractivity contribution is 7.91. The zero-order chi connectivity index (χ0) is 23.6. The highest BCUT2D eigenvalue weighted by atomic mass is 32.2. The molecule has 0 radical (unpaired) electrons. The third-order valence-electron chi connectivity index (χ3n) is 5.24. The Bertz CT molecular complexity index is 1110. The number of benzene rings is 2. The molecule has 0 unspecified atom stereocenters. The molecule has 2 N–H and O–H groups in total. The third-order valence-corrected chi connectivity index (χ3v) is 7.00. The second-order valence-corrected chi connectivity index (χ2v) is 9.92. The Balaban J connectivity index is 1.93. The average molecular weight is 463 g/mol. The summed E-state index contributed by atoms with van der Waals surface area (Å²) in [4.78, 5) is 12.8. The molecule has 1 saturated carbocycles. The molecular weight excluding hydrogens is 442 g/mol. The molecule has 0 spiro atoms. The van der Waals surface area contributed by atoms with Crippen LogP contribution in [-0.4, -0.2) is 45.7 Å². The van der Waals surface area contributed by atoms with E-state index in [2.05, 4.69) is 10.6 Å². The lowest BCUT2D eigenvalue weighted by atomic mass is 9.97. The van der Waals surface area contributed by atoms with Crippen molar-refractivity contribution in [2.45, 2.75) is 41.5 Å². The molecule has 3 rings (SSSR count). The predicted octanol–water partition coefficient (Wildman–Crippen LogP) is 1.15. The van der Waals surface area contributed by atoms with Gasteiger partial charge >= 0.3 is 6.18 Å². The second-order valence-electron chi connectivity index (χ2n) is 7.88. The summed E-state index contributed by atoms with van der Waals surface area (Å²) in [5.74, 6) is -1.87. The molecule has 2 atom stereocenters. The first kappa shape index (κ1) is 23.8. The molecule has 0 heterocycles. The summed E-state index contributed by atoms with van der Waals surface area (Å²) in [5.41, 5.74) is -0.514. The van der Waals surface area contributed by atoms with Crippen LogP contribution in [0.25, 0.3) is 0 Å². The SMILES string of the molecule is Bc1ccc(S(=O)(=O)C[C@H](N[C@@H](c2ccccc2)C(F)(F)F)C(=O)NC2(C#N)CC2)cc1. The lowest BCUT2D eigenvalue weighted by Gasteiger charge is -2.28. The number of rotatable bonds is 8. The molecule has 1 aliphatic carbocycles. The first-order chi connectivity index (χ1) is 15.0. The van der Waals surface area contributed by atoms with Gasteiger partial charge in [0.25, 0.3) is 0 Å². The molecule has 0 saturated heterocycles. The Labute approximate surface area is 185 Å². The van der Waals surface area contributed by atoms with Crippen LogP contribution in [0.5, 0.6) is 0 Å². The Kier molecular flexibility index (Phi) is 6.67. The van der Waals surface area contributed by atoms with Crippen LogP contribution < -0.4 is 16.1 Å². The predicted molar refractivity (Wildman–Crippen MR) is 115 cm³/mol. The fraction of sp³-hybridized carbons (Fsp3) is 0.333. The van der Waals surface area contributed by atoms with Crippen LogP contribution in [0.2, 0.25) is 0 Å². The number of nitrogens with one attached hydrogen (secondary N) is 2. The van der Waals surface area contributed by atoms with Crippen molar-refractivity contribution in [2.24, 2.45) is 0 Å². The smallest absolute Gasteiger partial charge is 0.336 e. The molecule has 0 aromatic heterocycles. The van der Waals surface area contributed by atoms with Crippen molar-refractivity contribution in [2.75, 3.05) is 5.75 Å². The van der Waals surface area contributed by atoms with E-state index in [9.17, 15) is 31.6 Å². The normalized spacial score (nSPS) is 17.1. The molecular formula is C21H21BF3N3O3S. The van der Waals surface area contributed by atoms with E-state index in [0.29, 0.717) is 12.8 Å². The van der Waals surface area contributed by atoms with Crippen molar-refractivity contribution in [3.8, 4) is 6.07 Å². The zero-order valence-corrected chi connectivity index (χ0v) is 18.0. The van der Waals surface area contributed by atoms with Crippen LogP contribution in [0.15, 0.2) is 59.5 Å². The van der Waals surface area contributed by atoms with E-state index in [1.54, 1.807) is 26.0 Å². The molecule has 168 valence electrons. The molecule has 6 nitrogen and oxygen atoms in total. The number of carbonyl (C=O) groups excluding carboxylic acids is 1. The Morgan fingerprint density at radius 1 is 1.12 bits per heavy atom. The molecule has 0 bridgehead atoms. The van der Waals surface area contributed by atoms with Gasteiger partial charge in [-0.1, -0.05) is 47.9 Å². The zero-order valence-electron chi connectivity index (χ0n) is 17.2. The lowest BCUT2D eigenvalue weighted by Crippen LogP contribution is -2.54. The van der Waals surface area contributed by atoms with Gasteiger partial charge in [-0.2, -0.15) is 18.4 Å². The van der Waals surface area contributed by atoms with Gasteiger partial charge in [0, 0.05) is 0 Å². The van der Waals surface area contributed by atoms with E-state index in [-0.39, 0.29) is 10.5 Å². The maximum absolute atomic E-state index is 13.9. The van der Waals surface area contributed by atoms with E-state index < -0.39 is 45.3 Å². The largest absolute Gasteiger partial charge is 0.407 e. The van der Waals surface area contributed by atoms with Crippen LogP contribution >= 0.6 is 0 Å². The topological polar surface area (TPSA) is 99.1 Å². The summed E-state index contributed by atoms with van der Waals surface area (Å²) in [6, 6.07) is 10.6. The van der Waals surface area contributed by atoms with Crippen molar-refractivity contribution in [3.05, 3.63) is 60.2 Å². The van der Waals surface area contributed by atoms with E-state index >= 15 is 0 Å². The number of carbonyl (C=O) groups is 1. The molecule has 2 aromatic rings. The minimum atomic E-state index is -4.79. The summed E-state index contributed by atoms with van der Waals surface area (Å²) >= 11 is 0. The first-order valence-corrected chi connectivity index (χ1v) is 11.5. The fourth-order valence-corrected chi connectivity index (χ4v) is 4.63. The summed E-state index contributed by atoms with van der Waals surface area (Å²) in [7, 11) is -2.35. The van der Waals surface area contributed by atoms with Crippen LogP contribution in [0, 0.1) is 11.3 Å². The third kappa shape index (κ3) is 5.69. The number of halogens is 3. The van der Waals surface area contributed by atoms with Gasteiger partial charge in [-0.05, 0) is 30.5 Å². The van der Waals surface area contributed by atoms with Crippen LogP contribution in [0.4, 0.5) is 13.2 Å². The van der Waals surface area contributed by atoms with E-state index in [1.807, 2.05) is 6.07 Å². The lowest BCUT2D eigenvalue weighted by molar-refractivity contribution is -0.160. The molecule has 1 fully saturated rings. The number of hydrogen-bond acceptors (Lipinski definition) is 5. The van der Waals surface area contributed by atoms with Gasteiger partial charge in [0.2, 0.25) is 5.91 Å². The van der Waals surface area contributed by atoms with Gasteiger partial charge in [-0.15, -0.1) is 0 Å². The summed E-state index contributed by atoms with van der Waals surface area (Å²) in [6.45, 7) is 0. The molecule has 0 aliphatic heterocycles.